The van der Waals surface area contributed by atoms with Gasteiger partial charge >= 0.3 is 6.03 Å². The van der Waals surface area contributed by atoms with Crippen LogP contribution in [0.1, 0.15) is 30.4 Å². The van der Waals surface area contributed by atoms with Crippen LogP contribution in [0, 0.1) is 6.92 Å². The van der Waals surface area contributed by atoms with Crippen LogP contribution in [0.2, 0.25) is 0 Å². The number of aryl methyl sites for hydroxylation is 1. The van der Waals surface area contributed by atoms with Crippen molar-refractivity contribution in [3.05, 3.63) is 52.1 Å². The van der Waals surface area contributed by atoms with Gasteiger partial charge in [-0.05, 0) is 56.0 Å². The minimum absolute atomic E-state index is 0.104. The monoisotopic (exact) mass is 459 g/mol. The van der Waals surface area contributed by atoms with Crippen molar-refractivity contribution in [2.24, 2.45) is 0 Å². The van der Waals surface area contributed by atoms with E-state index in [0.29, 0.717) is 6.54 Å². The van der Waals surface area contributed by atoms with E-state index in [1.165, 1.54) is 6.42 Å². The van der Waals surface area contributed by atoms with Crippen molar-refractivity contribution in [3.63, 3.8) is 0 Å². The Kier molecular flexibility index (Phi) is 7.46. The van der Waals surface area contributed by atoms with E-state index in [-0.39, 0.29) is 18.5 Å². The number of nitrogens with one attached hydrogen (secondary N) is 3. The zero-order chi connectivity index (χ0) is 20.6. The van der Waals surface area contributed by atoms with Gasteiger partial charge in [0, 0.05) is 41.6 Å². The van der Waals surface area contributed by atoms with E-state index in [4.69, 9.17) is 0 Å². The minimum atomic E-state index is -0.388. The molecule has 1 fully saturated rings. The molecule has 0 spiro atoms. The predicted octanol–water partition coefficient (Wildman–Crippen LogP) is 3.58. The Labute approximate surface area is 179 Å². The van der Waals surface area contributed by atoms with Gasteiger partial charge in [-0.15, -0.1) is 0 Å². The summed E-state index contributed by atoms with van der Waals surface area (Å²) in [4.78, 5) is 31.0. The van der Waals surface area contributed by atoms with Gasteiger partial charge in [0.1, 0.15) is 5.82 Å². The van der Waals surface area contributed by atoms with Crippen molar-refractivity contribution in [1.29, 1.82) is 0 Å². The van der Waals surface area contributed by atoms with E-state index in [0.717, 1.165) is 53.0 Å². The molecule has 3 rings (SSSR count). The number of urea groups is 1. The number of piperidine rings is 1. The first-order valence-electron chi connectivity index (χ1n) is 9.79. The third kappa shape index (κ3) is 6.19. The second kappa shape index (κ2) is 10.2. The molecule has 7 nitrogen and oxygen atoms in total. The largest absolute Gasteiger partial charge is 0.356 e. The molecule has 1 aromatic carbocycles. The lowest BCUT2D eigenvalue weighted by molar-refractivity contribution is -0.115. The Bertz CT molecular complexity index is 868. The highest BCUT2D eigenvalue weighted by Crippen LogP contribution is 2.21. The number of hydrogen-bond acceptors (Lipinski definition) is 4. The van der Waals surface area contributed by atoms with Crippen LogP contribution in [0.5, 0.6) is 0 Å². The van der Waals surface area contributed by atoms with Gasteiger partial charge in [-0.3, -0.25) is 4.79 Å². The standard InChI is InChI=1S/C21H26BrN5O2/c1-15-12-17(22)7-8-18(15)26-19(28)14-25-21(29)24-13-16-6-5-9-23-20(16)27-10-3-2-4-11-27/h5-9,12H,2-4,10-11,13-14H2,1H3,(H,26,28)(H2,24,25,29). The Morgan fingerprint density at radius 1 is 1.14 bits per heavy atom. The zero-order valence-electron chi connectivity index (χ0n) is 16.5. The summed E-state index contributed by atoms with van der Waals surface area (Å²) >= 11 is 3.39. The van der Waals surface area contributed by atoms with E-state index in [9.17, 15) is 9.59 Å². The number of halogens is 1. The van der Waals surface area contributed by atoms with Gasteiger partial charge in [-0.2, -0.15) is 0 Å². The van der Waals surface area contributed by atoms with Crippen LogP contribution in [0.15, 0.2) is 41.0 Å². The quantitative estimate of drug-likeness (QED) is 0.615. The molecule has 0 radical (unpaired) electrons. The van der Waals surface area contributed by atoms with E-state index >= 15 is 0 Å². The molecule has 29 heavy (non-hydrogen) atoms. The predicted molar refractivity (Wildman–Crippen MR) is 118 cm³/mol. The van der Waals surface area contributed by atoms with Crippen LogP contribution in [-0.4, -0.2) is 36.6 Å². The maximum Gasteiger partial charge on any atom is 0.315 e. The fourth-order valence-electron chi connectivity index (χ4n) is 3.32. The lowest BCUT2D eigenvalue weighted by Crippen LogP contribution is -2.40. The first kappa shape index (κ1) is 21.1. The summed E-state index contributed by atoms with van der Waals surface area (Å²) in [6.45, 7) is 4.15. The highest BCUT2D eigenvalue weighted by molar-refractivity contribution is 9.10. The maximum absolute atomic E-state index is 12.1. The Hall–Kier alpha value is -2.61. The smallest absolute Gasteiger partial charge is 0.315 e. The molecule has 0 atom stereocenters. The molecule has 0 saturated carbocycles. The number of anilines is 2. The number of aromatic nitrogens is 1. The molecule has 0 bridgehead atoms. The maximum atomic E-state index is 12.1. The number of nitrogens with zero attached hydrogens (tertiary/aromatic N) is 2. The van der Waals surface area contributed by atoms with Crippen LogP contribution in [-0.2, 0) is 11.3 Å². The zero-order valence-corrected chi connectivity index (χ0v) is 18.1. The highest BCUT2D eigenvalue weighted by atomic mass is 79.9. The van der Waals surface area contributed by atoms with Crippen molar-refractivity contribution >= 4 is 39.4 Å². The normalized spacial score (nSPS) is 13.7. The topological polar surface area (TPSA) is 86.4 Å². The SMILES string of the molecule is Cc1cc(Br)ccc1NC(=O)CNC(=O)NCc1cccnc1N1CCCCC1. The Balaban J connectivity index is 1.47. The third-order valence-corrected chi connectivity index (χ3v) is 5.33. The summed E-state index contributed by atoms with van der Waals surface area (Å²) in [6, 6.07) is 9.06. The number of benzene rings is 1. The molecule has 1 aliphatic heterocycles. The third-order valence-electron chi connectivity index (χ3n) is 4.83. The number of amides is 3. The minimum Gasteiger partial charge on any atom is -0.356 e. The summed E-state index contributed by atoms with van der Waals surface area (Å²) in [7, 11) is 0. The van der Waals surface area contributed by atoms with Gasteiger partial charge in [0.2, 0.25) is 5.91 Å². The van der Waals surface area contributed by atoms with Crippen molar-refractivity contribution in [3.8, 4) is 0 Å². The van der Waals surface area contributed by atoms with Crippen molar-refractivity contribution in [1.82, 2.24) is 15.6 Å². The molecule has 0 aliphatic carbocycles. The average molecular weight is 460 g/mol. The van der Waals surface area contributed by atoms with Crippen LogP contribution in [0.4, 0.5) is 16.3 Å². The van der Waals surface area contributed by atoms with Gasteiger partial charge in [0.25, 0.3) is 0 Å². The Morgan fingerprint density at radius 2 is 1.93 bits per heavy atom. The Morgan fingerprint density at radius 3 is 2.69 bits per heavy atom. The van der Waals surface area contributed by atoms with Crippen molar-refractivity contribution < 1.29 is 9.59 Å². The molecular weight excluding hydrogens is 434 g/mol. The van der Waals surface area contributed by atoms with Crippen LogP contribution in [0.3, 0.4) is 0 Å². The van der Waals surface area contributed by atoms with Gasteiger partial charge in [-0.1, -0.05) is 22.0 Å². The number of hydrogen-bond donors (Lipinski definition) is 3. The number of carbonyl (C=O) groups excluding carboxylic acids is 2. The molecule has 3 amide bonds. The van der Waals surface area contributed by atoms with Gasteiger partial charge in [0.05, 0.1) is 6.54 Å². The van der Waals surface area contributed by atoms with E-state index in [1.54, 1.807) is 6.20 Å². The second-order valence-corrected chi connectivity index (χ2v) is 7.99. The summed E-state index contributed by atoms with van der Waals surface area (Å²) in [6.07, 6.45) is 5.36. The summed E-state index contributed by atoms with van der Waals surface area (Å²) in [5.41, 5.74) is 2.64. The van der Waals surface area contributed by atoms with E-state index < -0.39 is 0 Å². The first-order chi connectivity index (χ1) is 14.0. The van der Waals surface area contributed by atoms with Crippen molar-refractivity contribution in [2.45, 2.75) is 32.7 Å². The van der Waals surface area contributed by atoms with Gasteiger partial charge < -0.3 is 20.9 Å². The second-order valence-electron chi connectivity index (χ2n) is 7.08. The molecule has 0 unspecified atom stereocenters. The highest BCUT2D eigenvalue weighted by Gasteiger charge is 2.16. The summed E-state index contributed by atoms with van der Waals surface area (Å²) < 4.78 is 0.949. The fourth-order valence-corrected chi connectivity index (χ4v) is 3.79. The number of pyridine rings is 1. The average Bonchev–Trinajstić information content (AvgIpc) is 2.73. The van der Waals surface area contributed by atoms with Crippen LogP contribution < -0.4 is 20.9 Å². The number of carbonyl (C=O) groups is 2. The molecule has 2 aromatic rings. The van der Waals surface area contributed by atoms with Gasteiger partial charge in [-0.25, -0.2) is 9.78 Å². The molecule has 1 aliphatic rings. The first-order valence-corrected chi connectivity index (χ1v) is 10.6. The molecular formula is C21H26BrN5O2. The summed E-state index contributed by atoms with van der Waals surface area (Å²) in [5, 5.41) is 8.21. The number of rotatable bonds is 6. The molecule has 1 saturated heterocycles. The van der Waals surface area contributed by atoms with Gasteiger partial charge in [0.15, 0.2) is 0 Å². The lowest BCUT2D eigenvalue weighted by atomic mass is 10.1. The fraction of sp³-hybridized carbons (Fsp3) is 0.381. The van der Waals surface area contributed by atoms with E-state index in [1.807, 2.05) is 37.3 Å². The van der Waals surface area contributed by atoms with Crippen molar-refractivity contribution in [2.75, 3.05) is 29.9 Å². The molecule has 3 N–H and O–H groups in total. The lowest BCUT2D eigenvalue weighted by Gasteiger charge is -2.29. The summed E-state index contributed by atoms with van der Waals surface area (Å²) in [5.74, 6) is 0.650. The molecule has 8 heteroatoms. The molecule has 1 aromatic heterocycles. The molecule has 154 valence electrons. The van der Waals surface area contributed by atoms with E-state index in [2.05, 4.69) is 41.8 Å². The molecule has 2 heterocycles. The van der Waals surface area contributed by atoms with Crippen LogP contribution in [0.25, 0.3) is 0 Å². The van der Waals surface area contributed by atoms with Crippen LogP contribution >= 0.6 is 15.9 Å².